The van der Waals surface area contributed by atoms with E-state index in [0.29, 0.717) is 17.4 Å². The number of rotatable bonds is 2. The lowest BCUT2D eigenvalue weighted by atomic mass is 10.2. The average Bonchev–Trinajstić information content (AvgIpc) is 2.98. The number of aryl methyl sites for hydroxylation is 1. The van der Waals surface area contributed by atoms with Gasteiger partial charge >= 0.3 is 0 Å². The molecule has 2 aromatic heterocycles. The average molecular weight is 257 g/mol. The minimum atomic E-state index is 0.524. The molecular formula is C13H11N3OS. The SMILES string of the molecule is Cc1ccsc1-c1nc(-c2ccccc2N)no1. The highest BCUT2D eigenvalue weighted by molar-refractivity contribution is 7.13. The number of anilines is 1. The molecule has 1 aromatic carbocycles. The van der Waals surface area contributed by atoms with Crippen molar-refractivity contribution < 1.29 is 4.52 Å². The first-order chi connectivity index (χ1) is 8.75. The van der Waals surface area contributed by atoms with Crippen LogP contribution in [0.15, 0.2) is 40.2 Å². The zero-order valence-electron chi connectivity index (χ0n) is 9.75. The third kappa shape index (κ3) is 1.78. The number of benzene rings is 1. The van der Waals surface area contributed by atoms with Crippen molar-refractivity contribution in [1.29, 1.82) is 0 Å². The summed E-state index contributed by atoms with van der Waals surface area (Å²) >= 11 is 1.59. The molecule has 0 atom stereocenters. The number of thiophene rings is 1. The van der Waals surface area contributed by atoms with Crippen LogP contribution in [0.1, 0.15) is 5.56 Å². The molecule has 0 radical (unpaired) electrons. The highest BCUT2D eigenvalue weighted by atomic mass is 32.1. The largest absolute Gasteiger partial charge is 0.398 e. The molecule has 0 bridgehead atoms. The van der Waals surface area contributed by atoms with Gasteiger partial charge in [0.2, 0.25) is 5.82 Å². The number of hydrogen-bond acceptors (Lipinski definition) is 5. The van der Waals surface area contributed by atoms with Gasteiger partial charge in [0.15, 0.2) is 0 Å². The van der Waals surface area contributed by atoms with Crippen molar-refractivity contribution >= 4 is 17.0 Å². The minimum Gasteiger partial charge on any atom is -0.398 e. The van der Waals surface area contributed by atoms with Crippen molar-refractivity contribution in [3.8, 4) is 22.2 Å². The summed E-state index contributed by atoms with van der Waals surface area (Å²) in [6.07, 6.45) is 0. The van der Waals surface area contributed by atoms with Crippen molar-refractivity contribution in [2.24, 2.45) is 0 Å². The molecule has 0 spiro atoms. The van der Waals surface area contributed by atoms with Crippen LogP contribution in [-0.4, -0.2) is 10.1 Å². The maximum atomic E-state index is 5.89. The van der Waals surface area contributed by atoms with E-state index in [2.05, 4.69) is 10.1 Å². The zero-order chi connectivity index (χ0) is 12.5. The standard InChI is InChI=1S/C13H11N3OS/c1-8-6-7-18-11(8)13-15-12(16-17-13)9-4-2-3-5-10(9)14/h2-7H,14H2,1H3. The third-order valence-corrected chi connectivity index (χ3v) is 3.69. The zero-order valence-corrected chi connectivity index (χ0v) is 10.6. The van der Waals surface area contributed by atoms with Crippen molar-refractivity contribution in [3.05, 3.63) is 41.3 Å². The van der Waals surface area contributed by atoms with E-state index >= 15 is 0 Å². The monoisotopic (exact) mass is 257 g/mol. The van der Waals surface area contributed by atoms with Crippen LogP contribution in [0.5, 0.6) is 0 Å². The normalized spacial score (nSPS) is 10.7. The Kier molecular flexibility index (Phi) is 2.60. The van der Waals surface area contributed by atoms with Crippen molar-refractivity contribution in [1.82, 2.24) is 10.1 Å². The van der Waals surface area contributed by atoms with Crippen LogP contribution < -0.4 is 5.73 Å². The quantitative estimate of drug-likeness (QED) is 0.715. The van der Waals surface area contributed by atoms with Gasteiger partial charge in [-0.15, -0.1) is 11.3 Å². The van der Waals surface area contributed by atoms with E-state index in [4.69, 9.17) is 10.3 Å². The van der Waals surface area contributed by atoms with Crippen LogP contribution in [0.25, 0.3) is 22.2 Å². The first-order valence-corrected chi connectivity index (χ1v) is 6.37. The van der Waals surface area contributed by atoms with E-state index in [0.717, 1.165) is 16.0 Å². The molecule has 3 aromatic rings. The number of nitrogens with zero attached hydrogens (tertiary/aromatic N) is 2. The Morgan fingerprint density at radius 3 is 2.78 bits per heavy atom. The number of aromatic nitrogens is 2. The van der Waals surface area contributed by atoms with E-state index in [-0.39, 0.29) is 0 Å². The van der Waals surface area contributed by atoms with Gasteiger partial charge in [0.25, 0.3) is 5.89 Å². The van der Waals surface area contributed by atoms with Crippen LogP contribution in [0, 0.1) is 6.92 Å². The molecule has 0 unspecified atom stereocenters. The van der Waals surface area contributed by atoms with Gasteiger partial charge in [-0.05, 0) is 36.1 Å². The van der Waals surface area contributed by atoms with Crippen LogP contribution in [0.4, 0.5) is 5.69 Å². The summed E-state index contributed by atoms with van der Waals surface area (Å²) in [6, 6.07) is 9.51. The molecule has 3 rings (SSSR count). The third-order valence-electron chi connectivity index (χ3n) is 2.68. The molecule has 0 aliphatic heterocycles. The second-order valence-corrected chi connectivity index (χ2v) is 4.86. The van der Waals surface area contributed by atoms with Crippen LogP contribution >= 0.6 is 11.3 Å². The fourth-order valence-corrected chi connectivity index (χ4v) is 2.56. The fourth-order valence-electron chi connectivity index (χ4n) is 1.72. The topological polar surface area (TPSA) is 64.9 Å². The van der Waals surface area contributed by atoms with E-state index in [1.165, 1.54) is 0 Å². The van der Waals surface area contributed by atoms with Crippen LogP contribution in [-0.2, 0) is 0 Å². The molecule has 0 amide bonds. The van der Waals surface area contributed by atoms with E-state index in [1.807, 2.05) is 42.6 Å². The lowest BCUT2D eigenvalue weighted by Gasteiger charge is -1.97. The number of nitrogens with two attached hydrogens (primary N) is 1. The first kappa shape index (κ1) is 11.0. The lowest BCUT2D eigenvalue weighted by Crippen LogP contribution is -1.90. The molecule has 0 aliphatic rings. The maximum Gasteiger partial charge on any atom is 0.268 e. The van der Waals surface area contributed by atoms with Crippen molar-refractivity contribution in [2.75, 3.05) is 5.73 Å². The molecular weight excluding hydrogens is 246 g/mol. The van der Waals surface area contributed by atoms with Gasteiger partial charge < -0.3 is 10.3 Å². The van der Waals surface area contributed by atoms with Crippen molar-refractivity contribution in [2.45, 2.75) is 6.92 Å². The maximum absolute atomic E-state index is 5.89. The highest BCUT2D eigenvalue weighted by Gasteiger charge is 2.14. The molecule has 0 saturated carbocycles. The number of para-hydroxylation sites is 1. The fraction of sp³-hybridized carbons (Fsp3) is 0.0769. The highest BCUT2D eigenvalue weighted by Crippen LogP contribution is 2.30. The molecule has 2 N–H and O–H groups in total. The van der Waals surface area contributed by atoms with Gasteiger partial charge in [-0.3, -0.25) is 0 Å². The van der Waals surface area contributed by atoms with Gasteiger partial charge in [-0.2, -0.15) is 4.98 Å². The molecule has 0 fully saturated rings. The predicted octanol–water partition coefficient (Wildman–Crippen LogP) is 3.36. The molecule has 0 saturated heterocycles. The summed E-state index contributed by atoms with van der Waals surface area (Å²) in [6.45, 7) is 2.02. The van der Waals surface area contributed by atoms with E-state index in [1.54, 1.807) is 11.3 Å². The van der Waals surface area contributed by atoms with E-state index < -0.39 is 0 Å². The van der Waals surface area contributed by atoms with Crippen LogP contribution in [0.3, 0.4) is 0 Å². The van der Waals surface area contributed by atoms with Gasteiger partial charge in [0.1, 0.15) is 0 Å². The molecule has 90 valence electrons. The Morgan fingerprint density at radius 1 is 1.22 bits per heavy atom. The van der Waals surface area contributed by atoms with Gasteiger partial charge in [0, 0.05) is 11.3 Å². The van der Waals surface area contributed by atoms with Crippen LogP contribution in [0.2, 0.25) is 0 Å². The summed E-state index contributed by atoms with van der Waals surface area (Å²) in [5, 5.41) is 5.99. The minimum absolute atomic E-state index is 0.524. The Hall–Kier alpha value is -2.14. The lowest BCUT2D eigenvalue weighted by molar-refractivity contribution is 0.433. The predicted molar refractivity (Wildman–Crippen MR) is 72.2 cm³/mol. The smallest absolute Gasteiger partial charge is 0.268 e. The summed E-state index contributed by atoms with van der Waals surface area (Å²) in [7, 11) is 0. The second kappa shape index (κ2) is 4.27. The second-order valence-electron chi connectivity index (χ2n) is 3.94. The number of nitrogen functional groups attached to an aromatic ring is 1. The molecule has 5 heteroatoms. The Bertz CT molecular complexity index is 687. The Balaban J connectivity index is 2.05. The molecule has 4 nitrogen and oxygen atoms in total. The van der Waals surface area contributed by atoms with Crippen molar-refractivity contribution in [3.63, 3.8) is 0 Å². The molecule has 2 heterocycles. The summed E-state index contributed by atoms with van der Waals surface area (Å²) < 4.78 is 5.29. The molecule has 18 heavy (non-hydrogen) atoms. The summed E-state index contributed by atoms with van der Waals surface area (Å²) in [5.74, 6) is 1.07. The van der Waals surface area contributed by atoms with Gasteiger partial charge in [-0.25, -0.2) is 0 Å². The summed E-state index contributed by atoms with van der Waals surface area (Å²) in [5.41, 5.74) is 8.47. The Morgan fingerprint density at radius 2 is 2.06 bits per heavy atom. The van der Waals surface area contributed by atoms with Gasteiger partial charge in [-0.1, -0.05) is 17.3 Å². The number of hydrogen-bond donors (Lipinski definition) is 1. The molecule has 0 aliphatic carbocycles. The van der Waals surface area contributed by atoms with E-state index in [9.17, 15) is 0 Å². The Labute approximate surface area is 108 Å². The first-order valence-electron chi connectivity index (χ1n) is 5.49. The summed E-state index contributed by atoms with van der Waals surface area (Å²) in [4.78, 5) is 5.40. The van der Waals surface area contributed by atoms with Gasteiger partial charge in [0.05, 0.1) is 4.88 Å².